The van der Waals surface area contributed by atoms with E-state index in [0.717, 1.165) is 33.5 Å². The van der Waals surface area contributed by atoms with Crippen molar-refractivity contribution in [3.63, 3.8) is 0 Å². The standard InChI is InChI=1S/C21H21NO2/c1-13-8-9-14(2)18(10-13)17-11-19(24-12-17)21(23)22-20-15(3)6-5-7-16(20)4/h5-12H,1-4H3,(H,22,23). The normalized spacial score (nSPS) is 10.7. The lowest BCUT2D eigenvalue weighted by molar-refractivity contribution is 0.0996. The summed E-state index contributed by atoms with van der Waals surface area (Å²) in [5, 5.41) is 2.95. The molecule has 0 fully saturated rings. The van der Waals surface area contributed by atoms with Crippen molar-refractivity contribution < 1.29 is 9.21 Å². The molecule has 0 saturated heterocycles. The summed E-state index contributed by atoms with van der Waals surface area (Å²) < 4.78 is 5.52. The second-order valence-corrected chi connectivity index (χ2v) is 6.24. The first-order valence-corrected chi connectivity index (χ1v) is 7.99. The monoisotopic (exact) mass is 319 g/mol. The molecule has 3 aromatic rings. The molecule has 0 bridgehead atoms. The van der Waals surface area contributed by atoms with Gasteiger partial charge in [-0.2, -0.15) is 0 Å². The number of carbonyl (C=O) groups excluding carboxylic acids is 1. The minimum absolute atomic E-state index is 0.232. The van der Waals surface area contributed by atoms with Gasteiger partial charge < -0.3 is 9.73 Å². The topological polar surface area (TPSA) is 42.2 Å². The van der Waals surface area contributed by atoms with Crippen LogP contribution >= 0.6 is 0 Å². The van der Waals surface area contributed by atoms with Crippen molar-refractivity contribution in [1.82, 2.24) is 0 Å². The number of furan rings is 1. The van der Waals surface area contributed by atoms with Crippen LogP contribution in [0.25, 0.3) is 11.1 Å². The summed E-state index contributed by atoms with van der Waals surface area (Å²) in [6, 6.07) is 14.0. The maximum Gasteiger partial charge on any atom is 0.291 e. The number of anilines is 1. The second kappa shape index (κ2) is 6.36. The molecule has 1 amide bonds. The van der Waals surface area contributed by atoms with E-state index < -0.39 is 0 Å². The average Bonchev–Trinajstić information content (AvgIpc) is 3.03. The summed E-state index contributed by atoms with van der Waals surface area (Å²) in [5.74, 6) is 0.0810. The smallest absolute Gasteiger partial charge is 0.291 e. The van der Waals surface area contributed by atoms with E-state index in [1.165, 1.54) is 5.56 Å². The average molecular weight is 319 g/mol. The Morgan fingerprint density at radius 2 is 1.62 bits per heavy atom. The molecule has 1 heterocycles. The molecule has 0 saturated carbocycles. The number of carbonyl (C=O) groups is 1. The van der Waals surface area contributed by atoms with Crippen molar-refractivity contribution in [2.45, 2.75) is 27.7 Å². The van der Waals surface area contributed by atoms with E-state index in [1.807, 2.05) is 32.0 Å². The minimum atomic E-state index is -0.232. The van der Waals surface area contributed by atoms with Crippen molar-refractivity contribution in [3.8, 4) is 11.1 Å². The van der Waals surface area contributed by atoms with Crippen molar-refractivity contribution >= 4 is 11.6 Å². The molecular formula is C21H21NO2. The first-order valence-electron chi connectivity index (χ1n) is 7.99. The molecule has 0 aliphatic rings. The van der Waals surface area contributed by atoms with Gasteiger partial charge in [0.05, 0.1) is 6.26 Å². The molecular weight excluding hydrogens is 298 g/mol. The molecule has 1 aromatic heterocycles. The van der Waals surface area contributed by atoms with Gasteiger partial charge in [-0.3, -0.25) is 4.79 Å². The Balaban J connectivity index is 1.88. The van der Waals surface area contributed by atoms with Crippen molar-refractivity contribution in [1.29, 1.82) is 0 Å². The van der Waals surface area contributed by atoms with Gasteiger partial charge in [0.15, 0.2) is 5.76 Å². The predicted molar refractivity (Wildman–Crippen MR) is 97.5 cm³/mol. The molecule has 0 unspecified atom stereocenters. The van der Waals surface area contributed by atoms with Gasteiger partial charge in [-0.1, -0.05) is 42.0 Å². The lowest BCUT2D eigenvalue weighted by atomic mass is 10.0. The van der Waals surface area contributed by atoms with E-state index in [2.05, 4.69) is 37.4 Å². The summed E-state index contributed by atoms with van der Waals surface area (Å²) in [5.41, 5.74) is 7.25. The summed E-state index contributed by atoms with van der Waals surface area (Å²) in [6.45, 7) is 8.06. The van der Waals surface area contributed by atoms with E-state index in [9.17, 15) is 4.79 Å². The third-order valence-electron chi connectivity index (χ3n) is 4.25. The van der Waals surface area contributed by atoms with Crippen LogP contribution in [-0.2, 0) is 0 Å². The molecule has 24 heavy (non-hydrogen) atoms. The van der Waals surface area contributed by atoms with Crippen LogP contribution in [0, 0.1) is 27.7 Å². The molecule has 0 aliphatic carbocycles. The lowest BCUT2D eigenvalue weighted by Gasteiger charge is -2.10. The third kappa shape index (κ3) is 3.11. The minimum Gasteiger partial charge on any atom is -0.459 e. The van der Waals surface area contributed by atoms with Crippen LogP contribution in [0.2, 0.25) is 0 Å². The Bertz CT molecular complexity index is 886. The van der Waals surface area contributed by atoms with Gasteiger partial charge in [-0.15, -0.1) is 0 Å². The number of hydrogen-bond donors (Lipinski definition) is 1. The van der Waals surface area contributed by atoms with Gasteiger partial charge in [0, 0.05) is 11.3 Å². The highest BCUT2D eigenvalue weighted by Gasteiger charge is 2.15. The van der Waals surface area contributed by atoms with E-state index in [0.29, 0.717) is 5.76 Å². The number of rotatable bonds is 3. The molecule has 0 spiro atoms. The fourth-order valence-electron chi connectivity index (χ4n) is 2.83. The summed E-state index contributed by atoms with van der Waals surface area (Å²) in [6.07, 6.45) is 1.64. The summed E-state index contributed by atoms with van der Waals surface area (Å²) in [4.78, 5) is 12.5. The van der Waals surface area contributed by atoms with Crippen molar-refractivity contribution in [3.05, 3.63) is 76.7 Å². The van der Waals surface area contributed by atoms with Gasteiger partial charge in [0.1, 0.15) is 0 Å². The van der Waals surface area contributed by atoms with Crippen LogP contribution in [0.5, 0.6) is 0 Å². The maximum atomic E-state index is 12.5. The SMILES string of the molecule is Cc1ccc(C)c(-c2coc(C(=O)Nc3c(C)cccc3C)c2)c1. The van der Waals surface area contributed by atoms with Crippen LogP contribution in [0.4, 0.5) is 5.69 Å². The van der Waals surface area contributed by atoms with Gasteiger partial charge in [0.25, 0.3) is 5.91 Å². The maximum absolute atomic E-state index is 12.5. The Morgan fingerprint density at radius 1 is 0.917 bits per heavy atom. The molecule has 0 aliphatic heterocycles. The highest BCUT2D eigenvalue weighted by molar-refractivity contribution is 6.03. The first kappa shape index (κ1) is 16.1. The van der Waals surface area contributed by atoms with Crippen molar-refractivity contribution in [2.75, 3.05) is 5.32 Å². The molecule has 0 atom stereocenters. The fourth-order valence-corrected chi connectivity index (χ4v) is 2.83. The molecule has 3 nitrogen and oxygen atoms in total. The summed E-state index contributed by atoms with van der Waals surface area (Å²) in [7, 11) is 0. The van der Waals surface area contributed by atoms with Crippen LogP contribution in [-0.4, -0.2) is 5.91 Å². The van der Waals surface area contributed by atoms with Crippen LogP contribution in [0.3, 0.4) is 0 Å². The van der Waals surface area contributed by atoms with Crippen LogP contribution in [0.15, 0.2) is 53.1 Å². The Morgan fingerprint density at radius 3 is 2.33 bits per heavy atom. The van der Waals surface area contributed by atoms with Crippen LogP contribution < -0.4 is 5.32 Å². The van der Waals surface area contributed by atoms with E-state index >= 15 is 0 Å². The molecule has 122 valence electrons. The number of benzene rings is 2. The molecule has 0 radical (unpaired) electrons. The quantitative estimate of drug-likeness (QED) is 0.699. The Hall–Kier alpha value is -2.81. The molecule has 3 heteroatoms. The second-order valence-electron chi connectivity index (χ2n) is 6.24. The summed E-state index contributed by atoms with van der Waals surface area (Å²) >= 11 is 0. The highest BCUT2D eigenvalue weighted by atomic mass is 16.3. The fraction of sp³-hybridized carbons (Fsp3) is 0.190. The van der Waals surface area contributed by atoms with Crippen LogP contribution in [0.1, 0.15) is 32.8 Å². The zero-order valence-corrected chi connectivity index (χ0v) is 14.4. The highest BCUT2D eigenvalue weighted by Crippen LogP contribution is 2.27. The molecule has 1 N–H and O–H groups in total. The predicted octanol–water partition coefficient (Wildman–Crippen LogP) is 5.43. The van der Waals surface area contributed by atoms with Crippen molar-refractivity contribution in [2.24, 2.45) is 0 Å². The number of nitrogens with one attached hydrogen (secondary N) is 1. The van der Waals surface area contributed by atoms with E-state index in [1.54, 1.807) is 12.3 Å². The zero-order valence-electron chi connectivity index (χ0n) is 14.4. The van der Waals surface area contributed by atoms with Gasteiger partial charge in [-0.05, 0) is 56.0 Å². The third-order valence-corrected chi connectivity index (χ3v) is 4.25. The molecule has 2 aromatic carbocycles. The first-order chi connectivity index (χ1) is 11.5. The van der Waals surface area contributed by atoms with E-state index in [4.69, 9.17) is 4.42 Å². The van der Waals surface area contributed by atoms with Gasteiger partial charge in [0.2, 0.25) is 0 Å². The lowest BCUT2D eigenvalue weighted by Crippen LogP contribution is -2.12. The number of hydrogen-bond acceptors (Lipinski definition) is 2. The zero-order chi connectivity index (χ0) is 17.3. The Labute approximate surface area is 142 Å². The number of amides is 1. The van der Waals surface area contributed by atoms with Gasteiger partial charge in [-0.25, -0.2) is 0 Å². The number of aryl methyl sites for hydroxylation is 4. The van der Waals surface area contributed by atoms with E-state index in [-0.39, 0.29) is 5.91 Å². The van der Waals surface area contributed by atoms with Gasteiger partial charge >= 0.3 is 0 Å². The number of para-hydroxylation sites is 1. The Kier molecular flexibility index (Phi) is 4.26. The largest absolute Gasteiger partial charge is 0.459 e. The molecule has 3 rings (SSSR count).